The van der Waals surface area contributed by atoms with E-state index in [1.165, 1.54) is 0 Å². The van der Waals surface area contributed by atoms with E-state index in [2.05, 4.69) is 11.8 Å². The van der Waals surface area contributed by atoms with Crippen LogP contribution in [0.4, 0.5) is 0 Å². The minimum absolute atomic E-state index is 0.0200. The van der Waals surface area contributed by atoms with Gasteiger partial charge < -0.3 is 9.64 Å². The van der Waals surface area contributed by atoms with Crippen LogP contribution in [0.15, 0.2) is 0 Å². The van der Waals surface area contributed by atoms with Crippen LogP contribution in [-0.4, -0.2) is 36.6 Å². The summed E-state index contributed by atoms with van der Waals surface area (Å²) in [5.41, 5.74) is 0. The monoisotopic (exact) mass is 179 g/mol. The molecule has 2 aliphatic heterocycles. The average molecular weight is 179 g/mol. The fourth-order valence-electron chi connectivity index (χ4n) is 1.49. The molecule has 2 saturated heterocycles. The minimum atomic E-state index is -0.0343. The Morgan fingerprint density at radius 3 is 2.62 bits per heavy atom. The third-order valence-corrected chi connectivity index (χ3v) is 2.43. The Kier molecular flexibility index (Phi) is 2.51. The molecule has 70 valence electrons. The molecule has 3 heteroatoms. The molecule has 1 atom stereocenters. The fraction of sp³-hybridized carbons (Fsp3) is 0.700. The molecule has 1 amide bonds. The number of hydrogen-bond acceptors (Lipinski definition) is 2. The van der Waals surface area contributed by atoms with Crippen molar-refractivity contribution in [2.45, 2.75) is 25.4 Å². The van der Waals surface area contributed by atoms with E-state index in [0.717, 1.165) is 39.0 Å². The van der Waals surface area contributed by atoms with Crippen LogP contribution in [0, 0.1) is 11.8 Å². The predicted octanol–water partition coefficient (Wildman–Crippen LogP) is 0.401. The van der Waals surface area contributed by atoms with Crippen LogP contribution in [0.2, 0.25) is 0 Å². The molecule has 0 aromatic rings. The van der Waals surface area contributed by atoms with Crippen molar-refractivity contribution < 1.29 is 9.53 Å². The molecule has 2 aliphatic rings. The number of nitrogens with zero attached hydrogens (tertiary/aromatic N) is 1. The molecule has 0 bridgehead atoms. The van der Waals surface area contributed by atoms with E-state index in [1.807, 2.05) is 4.90 Å². The first-order valence-electron chi connectivity index (χ1n) is 4.78. The van der Waals surface area contributed by atoms with Gasteiger partial charge in [0.25, 0.3) is 5.91 Å². The van der Waals surface area contributed by atoms with E-state index < -0.39 is 0 Å². The van der Waals surface area contributed by atoms with Crippen molar-refractivity contribution in [2.75, 3.05) is 19.7 Å². The zero-order valence-corrected chi connectivity index (χ0v) is 7.58. The molecular weight excluding hydrogens is 166 g/mol. The Hall–Kier alpha value is -1.01. The van der Waals surface area contributed by atoms with E-state index in [9.17, 15) is 4.79 Å². The van der Waals surface area contributed by atoms with E-state index in [4.69, 9.17) is 4.74 Å². The summed E-state index contributed by atoms with van der Waals surface area (Å²) in [6.07, 6.45) is 3.23. The van der Waals surface area contributed by atoms with E-state index in [1.54, 1.807) is 0 Å². The number of carbonyl (C=O) groups excluding carboxylic acids is 1. The van der Waals surface area contributed by atoms with E-state index in [-0.39, 0.29) is 12.0 Å². The quantitative estimate of drug-likeness (QED) is 0.504. The smallest absolute Gasteiger partial charge is 0.298 e. The van der Waals surface area contributed by atoms with Crippen molar-refractivity contribution in [3.05, 3.63) is 0 Å². The maximum absolute atomic E-state index is 11.4. The average Bonchev–Trinajstić information content (AvgIpc) is 2.52. The highest BCUT2D eigenvalue weighted by molar-refractivity contribution is 5.93. The second-order valence-corrected chi connectivity index (χ2v) is 3.42. The lowest BCUT2D eigenvalue weighted by Gasteiger charge is -2.20. The van der Waals surface area contributed by atoms with Crippen LogP contribution >= 0.6 is 0 Å². The molecule has 0 aromatic heterocycles. The van der Waals surface area contributed by atoms with Crippen LogP contribution in [-0.2, 0) is 9.53 Å². The Labute approximate surface area is 78.0 Å². The number of hydrogen-bond donors (Lipinski definition) is 0. The third-order valence-electron chi connectivity index (χ3n) is 2.43. The second kappa shape index (κ2) is 3.80. The first-order chi connectivity index (χ1) is 6.36. The molecule has 0 saturated carbocycles. The van der Waals surface area contributed by atoms with Crippen LogP contribution < -0.4 is 0 Å². The number of likely N-dealkylation sites (tertiary alicyclic amines) is 1. The predicted molar refractivity (Wildman–Crippen MR) is 47.9 cm³/mol. The number of ether oxygens (including phenoxy) is 1. The Morgan fingerprint density at radius 1 is 1.38 bits per heavy atom. The molecule has 0 aliphatic carbocycles. The van der Waals surface area contributed by atoms with Gasteiger partial charge in [0.15, 0.2) is 0 Å². The summed E-state index contributed by atoms with van der Waals surface area (Å²) in [5, 5.41) is 0. The third kappa shape index (κ3) is 2.02. The van der Waals surface area contributed by atoms with Gasteiger partial charge in [0, 0.05) is 19.5 Å². The molecule has 0 aromatic carbocycles. The van der Waals surface area contributed by atoms with Gasteiger partial charge in [0.1, 0.15) is 6.10 Å². The molecule has 2 fully saturated rings. The molecule has 0 unspecified atom stereocenters. The lowest BCUT2D eigenvalue weighted by Crippen LogP contribution is -2.28. The SMILES string of the molecule is O=C(C#C[C@@H]1CCO1)N1CCCC1. The number of rotatable bonds is 0. The van der Waals surface area contributed by atoms with Gasteiger partial charge in [-0.15, -0.1) is 0 Å². The van der Waals surface area contributed by atoms with Gasteiger partial charge in [0.2, 0.25) is 0 Å². The summed E-state index contributed by atoms with van der Waals surface area (Å²) < 4.78 is 5.10. The molecule has 0 radical (unpaired) electrons. The maximum Gasteiger partial charge on any atom is 0.298 e. The summed E-state index contributed by atoms with van der Waals surface area (Å²) in [6.45, 7) is 2.54. The Morgan fingerprint density at radius 2 is 2.08 bits per heavy atom. The molecule has 3 nitrogen and oxygen atoms in total. The van der Waals surface area contributed by atoms with Crippen LogP contribution in [0.25, 0.3) is 0 Å². The van der Waals surface area contributed by atoms with E-state index in [0.29, 0.717) is 0 Å². The molecule has 13 heavy (non-hydrogen) atoms. The minimum Gasteiger partial charge on any atom is -0.365 e. The van der Waals surface area contributed by atoms with Crippen molar-refractivity contribution in [1.29, 1.82) is 0 Å². The summed E-state index contributed by atoms with van der Waals surface area (Å²) >= 11 is 0. The van der Waals surface area contributed by atoms with Gasteiger partial charge in [-0.3, -0.25) is 4.79 Å². The molecular formula is C10H13NO2. The lowest BCUT2D eigenvalue weighted by atomic mass is 10.2. The van der Waals surface area contributed by atoms with E-state index >= 15 is 0 Å². The zero-order chi connectivity index (χ0) is 9.10. The van der Waals surface area contributed by atoms with Gasteiger partial charge in [-0.25, -0.2) is 0 Å². The van der Waals surface area contributed by atoms with Gasteiger partial charge in [-0.05, 0) is 18.8 Å². The van der Waals surface area contributed by atoms with Gasteiger partial charge in [0.05, 0.1) is 6.61 Å². The lowest BCUT2D eigenvalue weighted by molar-refractivity contribution is -0.124. The van der Waals surface area contributed by atoms with Crippen molar-refractivity contribution in [3.8, 4) is 11.8 Å². The Balaban J connectivity index is 1.84. The summed E-state index contributed by atoms with van der Waals surface area (Å²) in [6, 6.07) is 0. The van der Waals surface area contributed by atoms with Crippen LogP contribution in [0.5, 0.6) is 0 Å². The molecule has 2 rings (SSSR count). The number of carbonyl (C=O) groups is 1. The second-order valence-electron chi connectivity index (χ2n) is 3.42. The highest BCUT2D eigenvalue weighted by atomic mass is 16.5. The molecule has 2 heterocycles. The van der Waals surface area contributed by atoms with Gasteiger partial charge >= 0.3 is 0 Å². The highest BCUT2D eigenvalue weighted by Crippen LogP contribution is 2.09. The largest absolute Gasteiger partial charge is 0.365 e. The number of amides is 1. The van der Waals surface area contributed by atoms with Crippen molar-refractivity contribution in [3.63, 3.8) is 0 Å². The maximum atomic E-state index is 11.4. The normalized spacial score (nSPS) is 26.2. The van der Waals surface area contributed by atoms with Crippen molar-refractivity contribution in [1.82, 2.24) is 4.90 Å². The molecule has 0 N–H and O–H groups in total. The Bertz CT molecular complexity index is 254. The summed E-state index contributed by atoms with van der Waals surface area (Å²) in [7, 11) is 0. The standard InChI is InChI=1S/C10H13NO2/c12-10(11-6-1-2-7-11)4-3-9-5-8-13-9/h9H,1-2,5-8H2/t9-/m1/s1. The van der Waals surface area contributed by atoms with Crippen molar-refractivity contribution >= 4 is 5.91 Å². The summed E-state index contributed by atoms with van der Waals surface area (Å²) in [5.74, 6) is 5.44. The first-order valence-corrected chi connectivity index (χ1v) is 4.78. The highest BCUT2D eigenvalue weighted by Gasteiger charge is 2.18. The first kappa shape index (κ1) is 8.58. The van der Waals surface area contributed by atoms with Crippen molar-refractivity contribution in [2.24, 2.45) is 0 Å². The van der Waals surface area contributed by atoms with Gasteiger partial charge in [-0.2, -0.15) is 0 Å². The summed E-state index contributed by atoms with van der Waals surface area (Å²) in [4.78, 5) is 13.2. The molecule has 0 spiro atoms. The fourth-order valence-corrected chi connectivity index (χ4v) is 1.49. The van der Waals surface area contributed by atoms with Crippen LogP contribution in [0.1, 0.15) is 19.3 Å². The van der Waals surface area contributed by atoms with Crippen LogP contribution in [0.3, 0.4) is 0 Å². The topological polar surface area (TPSA) is 29.5 Å². The zero-order valence-electron chi connectivity index (χ0n) is 7.58. The van der Waals surface area contributed by atoms with Gasteiger partial charge in [-0.1, -0.05) is 5.92 Å².